The molecule has 0 saturated heterocycles. The number of H-pyrrole nitrogens is 1. The van der Waals surface area contributed by atoms with Gasteiger partial charge in [0.15, 0.2) is 0 Å². The van der Waals surface area contributed by atoms with Crippen molar-refractivity contribution in [3.63, 3.8) is 0 Å². The highest BCUT2D eigenvalue weighted by atomic mass is 16.5. The molecular formula is C13H13N3O2. The second kappa shape index (κ2) is 4.18. The quantitative estimate of drug-likeness (QED) is 0.767. The van der Waals surface area contributed by atoms with Gasteiger partial charge in [0.2, 0.25) is 5.88 Å². The number of hydrogen-bond donors (Lipinski definition) is 1. The Hall–Kier alpha value is -2.30. The summed E-state index contributed by atoms with van der Waals surface area (Å²) in [5, 5.41) is 1.01. The van der Waals surface area contributed by atoms with E-state index in [1.165, 1.54) is 6.33 Å². The van der Waals surface area contributed by atoms with Gasteiger partial charge in [-0.3, -0.25) is 0 Å². The van der Waals surface area contributed by atoms with Crippen LogP contribution in [0.3, 0.4) is 0 Å². The van der Waals surface area contributed by atoms with Crippen LogP contribution in [-0.4, -0.2) is 28.7 Å². The van der Waals surface area contributed by atoms with Gasteiger partial charge in [-0.2, -0.15) is 4.98 Å². The Morgan fingerprint density at radius 1 is 1.28 bits per heavy atom. The first-order chi connectivity index (χ1) is 8.83. The number of fused-ring (bicyclic) bond motifs is 3. The van der Waals surface area contributed by atoms with E-state index in [2.05, 4.69) is 15.0 Å². The van der Waals surface area contributed by atoms with E-state index < -0.39 is 0 Å². The minimum absolute atomic E-state index is 0.574. The Kier molecular flexibility index (Phi) is 2.51. The molecule has 2 heterocycles. The van der Waals surface area contributed by atoms with Gasteiger partial charge in [0, 0.05) is 10.9 Å². The molecule has 92 valence electrons. The van der Waals surface area contributed by atoms with E-state index >= 15 is 0 Å². The van der Waals surface area contributed by atoms with Gasteiger partial charge in [0.1, 0.15) is 23.1 Å². The number of methoxy groups -OCH3 is 1. The van der Waals surface area contributed by atoms with E-state index in [1.54, 1.807) is 7.11 Å². The number of hydrogen-bond acceptors (Lipinski definition) is 4. The zero-order valence-electron chi connectivity index (χ0n) is 10.2. The van der Waals surface area contributed by atoms with Crippen LogP contribution in [0.1, 0.15) is 6.92 Å². The Morgan fingerprint density at radius 2 is 2.17 bits per heavy atom. The van der Waals surface area contributed by atoms with E-state index in [0.717, 1.165) is 27.7 Å². The minimum Gasteiger partial charge on any atom is -0.497 e. The van der Waals surface area contributed by atoms with Crippen LogP contribution in [-0.2, 0) is 0 Å². The molecule has 0 aliphatic carbocycles. The molecule has 0 unspecified atom stereocenters. The largest absolute Gasteiger partial charge is 0.497 e. The van der Waals surface area contributed by atoms with Crippen molar-refractivity contribution in [3.8, 4) is 11.6 Å². The van der Waals surface area contributed by atoms with Crippen LogP contribution in [0.25, 0.3) is 21.9 Å². The minimum atomic E-state index is 0.574. The first-order valence-electron chi connectivity index (χ1n) is 5.76. The van der Waals surface area contributed by atoms with Gasteiger partial charge in [-0.05, 0) is 25.1 Å². The summed E-state index contributed by atoms with van der Waals surface area (Å²) in [6, 6.07) is 5.83. The third kappa shape index (κ3) is 1.55. The van der Waals surface area contributed by atoms with Crippen molar-refractivity contribution in [3.05, 3.63) is 24.5 Å². The van der Waals surface area contributed by atoms with Gasteiger partial charge in [-0.25, -0.2) is 4.98 Å². The van der Waals surface area contributed by atoms with Crippen molar-refractivity contribution in [2.45, 2.75) is 6.92 Å². The lowest BCUT2D eigenvalue weighted by atomic mass is 10.2. The molecular weight excluding hydrogens is 230 g/mol. The third-order valence-corrected chi connectivity index (χ3v) is 2.84. The van der Waals surface area contributed by atoms with Crippen LogP contribution in [0, 0.1) is 0 Å². The molecule has 3 rings (SSSR count). The van der Waals surface area contributed by atoms with E-state index in [4.69, 9.17) is 9.47 Å². The lowest BCUT2D eigenvalue weighted by Crippen LogP contribution is -1.95. The summed E-state index contributed by atoms with van der Waals surface area (Å²) < 4.78 is 10.7. The molecule has 0 spiro atoms. The highest BCUT2D eigenvalue weighted by molar-refractivity contribution is 6.06. The van der Waals surface area contributed by atoms with Gasteiger partial charge >= 0.3 is 0 Å². The Balaban J connectivity index is 2.33. The Labute approximate surface area is 104 Å². The summed E-state index contributed by atoms with van der Waals surface area (Å²) >= 11 is 0. The maximum absolute atomic E-state index is 5.49. The predicted octanol–water partition coefficient (Wildman–Crippen LogP) is 2.52. The smallest absolute Gasteiger partial charge is 0.241 e. The number of rotatable bonds is 3. The van der Waals surface area contributed by atoms with E-state index in [0.29, 0.717) is 12.5 Å². The highest BCUT2D eigenvalue weighted by Gasteiger charge is 2.11. The van der Waals surface area contributed by atoms with Gasteiger partial charge in [0.25, 0.3) is 0 Å². The fourth-order valence-corrected chi connectivity index (χ4v) is 2.02. The number of aromatic nitrogens is 3. The first kappa shape index (κ1) is 10.8. The van der Waals surface area contributed by atoms with Crippen LogP contribution in [0.2, 0.25) is 0 Å². The molecule has 18 heavy (non-hydrogen) atoms. The Morgan fingerprint density at radius 3 is 2.94 bits per heavy atom. The van der Waals surface area contributed by atoms with Crippen molar-refractivity contribution in [1.29, 1.82) is 0 Å². The SMILES string of the molecule is CCOc1ncnc2c1[nH]c1ccc(OC)cc12. The lowest BCUT2D eigenvalue weighted by Gasteiger charge is -2.01. The predicted molar refractivity (Wildman–Crippen MR) is 69.1 cm³/mol. The number of aromatic amines is 1. The summed E-state index contributed by atoms with van der Waals surface area (Å²) in [6.07, 6.45) is 1.51. The molecule has 1 N–H and O–H groups in total. The molecule has 0 radical (unpaired) electrons. The van der Waals surface area contributed by atoms with Gasteiger partial charge in [0.05, 0.1) is 13.7 Å². The number of ether oxygens (including phenoxy) is 2. The number of benzene rings is 1. The third-order valence-electron chi connectivity index (χ3n) is 2.84. The molecule has 0 saturated carbocycles. The van der Waals surface area contributed by atoms with Crippen LogP contribution in [0.5, 0.6) is 11.6 Å². The van der Waals surface area contributed by atoms with Crippen molar-refractivity contribution in [1.82, 2.24) is 15.0 Å². The van der Waals surface area contributed by atoms with E-state index in [9.17, 15) is 0 Å². The molecule has 2 aromatic heterocycles. The Bertz CT molecular complexity index is 706. The van der Waals surface area contributed by atoms with Crippen LogP contribution >= 0.6 is 0 Å². The zero-order chi connectivity index (χ0) is 12.5. The summed E-state index contributed by atoms with van der Waals surface area (Å²) in [6.45, 7) is 2.50. The number of nitrogens with zero attached hydrogens (tertiary/aromatic N) is 2. The second-order valence-electron chi connectivity index (χ2n) is 3.87. The van der Waals surface area contributed by atoms with E-state index in [1.807, 2.05) is 25.1 Å². The topological polar surface area (TPSA) is 60.0 Å². The normalized spacial score (nSPS) is 11.0. The summed E-state index contributed by atoms with van der Waals surface area (Å²) in [4.78, 5) is 11.7. The lowest BCUT2D eigenvalue weighted by molar-refractivity contribution is 0.330. The molecule has 0 aliphatic rings. The average molecular weight is 243 g/mol. The zero-order valence-corrected chi connectivity index (χ0v) is 10.2. The molecule has 5 heteroatoms. The van der Waals surface area contributed by atoms with Crippen molar-refractivity contribution < 1.29 is 9.47 Å². The maximum Gasteiger partial charge on any atom is 0.241 e. The fourth-order valence-electron chi connectivity index (χ4n) is 2.02. The van der Waals surface area contributed by atoms with E-state index in [-0.39, 0.29) is 0 Å². The molecule has 0 amide bonds. The molecule has 3 aromatic rings. The van der Waals surface area contributed by atoms with Crippen LogP contribution < -0.4 is 9.47 Å². The molecule has 5 nitrogen and oxygen atoms in total. The standard InChI is InChI=1S/C13H13N3O2/c1-3-18-13-12-11(14-7-15-13)9-6-8(17-2)4-5-10(9)16-12/h4-7,16H,3H2,1-2H3. The second-order valence-corrected chi connectivity index (χ2v) is 3.87. The van der Waals surface area contributed by atoms with Gasteiger partial charge in [-0.1, -0.05) is 0 Å². The first-order valence-corrected chi connectivity index (χ1v) is 5.76. The average Bonchev–Trinajstić information content (AvgIpc) is 2.78. The monoisotopic (exact) mass is 243 g/mol. The summed E-state index contributed by atoms with van der Waals surface area (Å²) in [5.74, 6) is 1.39. The summed E-state index contributed by atoms with van der Waals surface area (Å²) in [5.41, 5.74) is 2.66. The molecule has 0 fully saturated rings. The van der Waals surface area contributed by atoms with Crippen molar-refractivity contribution in [2.75, 3.05) is 13.7 Å². The van der Waals surface area contributed by atoms with Gasteiger partial charge in [-0.15, -0.1) is 0 Å². The van der Waals surface area contributed by atoms with Gasteiger partial charge < -0.3 is 14.5 Å². The van der Waals surface area contributed by atoms with Crippen molar-refractivity contribution >= 4 is 21.9 Å². The molecule has 0 bridgehead atoms. The molecule has 0 atom stereocenters. The maximum atomic E-state index is 5.49. The van der Waals surface area contributed by atoms with Crippen LogP contribution in [0.15, 0.2) is 24.5 Å². The van der Waals surface area contributed by atoms with Crippen LogP contribution in [0.4, 0.5) is 0 Å². The molecule has 1 aromatic carbocycles. The highest BCUT2D eigenvalue weighted by Crippen LogP contribution is 2.30. The number of nitrogens with one attached hydrogen (secondary N) is 1. The fraction of sp³-hybridized carbons (Fsp3) is 0.231. The van der Waals surface area contributed by atoms with Crippen molar-refractivity contribution in [2.24, 2.45) is 0 Å². The molecule has 0 aliphatic heterocycles. The summed E-state index contributed by atoms with van der Waals surface area (Å²) in [7, 11) is 1.65.